The summed E-state index contributed by atoms with van der Waals surface area (Å²) in [7, 11) is -3.47. The first kappa shape index (κ1) is 22.6. The molecule has 3 heterocycles. The predicted octanol–water partition coefficient (Wildman–Crippen LogP) is 2.44. The van der Waals surface area contributed by atoms with Gasteiger partial charge in [0.1, 0.15) is 4.21 Å². The van der Waals surface area contributed by atoms with Gasteiger partial charge in [0.25, 0.3) is 0 Å². The van der Waals surface area contributed by atoms with Gasteiger partial charge in [-0.05, 0) is 44.2 Å². The van der Waals surface area contributed by atoms with Crippen LogP contribution in [0.1, 0.15) is 51.3 Å². The minimum Gasteiger partial charge on any atom is -0.355 e. The first-order chi connectivity index (χ1) is 12.1. The summed E-state index contributed by atoms with van der Waals surface area (Å²) in [5.74, 6) is 0.00380. The minimum absolute atomic E-state index is 0. The van der Waals surface area contributed by atoms with Gasteiger partial charge in [0, 0.05) is 35.0 Å². The average molecular weight is 436 g/mol. The Morgan fingerprint density at radius 1 is 1.22 bits per heavy atom. The molecule has 2 fully saturated rings. The quantitative estimate of drug-likeness (QED) is 0.640. The summed E-state index contributed by atoms with van der Waals surface area (Å²) in [6.07, 6.45) is 4.66. The summed E-state index contributed by atoms with van der Waals surface area (Å²) in [5, 5.41) is 6.42. The fraction of sp³-hybridized carbons (Fsp3) is 0.722. The molecular formula is C18H30ClN3O3S2. The van der Waals surface area contributed by atoms with Crippen LogP contribution in [0, 0.1) is 5.41 Å². The van der Waals surface area contributed by atoms with Crippen LogP contribution in [0.25, 0.3) is 0 Å². The van der Waals surface area contributed by atoms with Crippen molar-refractivity contribution < 1.29 is 13.2 Å². The molecule has 2 atom stereocenters. The second-order valence-electron chi connectivity index (χ2n) is 8.40. The number of halogens is 1. The number of hydrogen-bond acceptors (Lipinski definition) is 5. The molecule has 3 rings (SSSR count). The monoisotopic (exact) mass is 435 g/mol. The van der Waals surface area contributed by atoms with Crippen molar-refractivity contribution in [3.63, 3.8) is 0 Å². The Morgan fingerprint density at radius 2 is 1.85 bits per heavy atom. The number of nitrogens with one attached hydrogen (secondary N) is 3. The largest absolute Gasteiger partial charge is 0.355 e. The van der Waals surface area contributed by atoms with E-state index in [0.717, 1.165) is 30.6 Å². The molecule has 1 amide bonds. The van der Waals surface area contributed by atoms with E-state index in [-0.39, 0.29) is 24.4 Å². The van der Waals surface area contributed by atoms with Crippen LogP contribution in [-0.2, 0) is 21.2 Å². The SMILES string of the molecule is CC(C)(C)C(=O)NCCc1ccc(S(=O)(=O)NC2CC3CCC(C2)N3)s1.Cl. The fourth-order valence-corrected chi connectivity index (χ4v) is 6.27. The zero-order valence-corrected chi connectivity index (χ0v) is 18.5. The third-order valence-electron chi connectivity index (χ3n) is 5.03. The van der Waals surface area contributed by atoms with Crippen LogP contribution in [0.15, 0.2) is 16.3 Å². The van der Waals surface area contributed by atoms with E-state index in [9.17, 15) is 13.2 Å². The second-order valence-corrected chi connectivity index (χ2v) is 11.5. The van der Waals surface area contributed by atoms with Crippen LogP contribution in [0.5, 0.6) is 0 Å². The van der Waals surface area contributed by atoms with Crippen molar-refractivity contribution in [2.24, 2.45) is 5.41 Å². The maximum absolute atomic E-state index is 12.7. The van der Waals surface area contributed by atoms with Gasteiger partial charge in [0.05, 0.1) is 0 Å². The Balaban J connectivity index is 0.00000261. The average Bonchev–Trinajstić information content (AvgIpc) is 3.13. The Kier molecular flexibility index (Phi) is 7.35. The number of thiophene rings is 1. The zero-order chi connectivity index (χ0) is 18.9. The highest BCUT2D eigenvalue weighted by atomic mass is 35.5. The Labute approximate surface area is 172 Å². The number of amides is 1. The Morgan fingerprint density at radius 3 is 2.44 bits per heavy atom. The molecule has 9 heteroatoms. The van der Waals surface area contributed by atoms with Crippen molar-refractivity contribution in [1.29, 1.82) is 0 Å². The summed E-state index contributed by atoms with van der Waals surface area (Å²) in [5.41, 5.74) is -0.415. The third kappa shape index (κ3) is 5.90. The third-order valence-corrected chi connectivity index (χ3v) is 8.19. The van der Waals surface area contributed by atoms with Gasteiger partial charge in [-0.2, -0.15) is 0 Å². The number of hydrogen-bond donors (Lipinski definition) is 3. The topological polar surface area (TPSA) is 87.3 Å². The van der Waals surface area contributed by atoms with Crippen molar-refractivity contribution in [3.8, 4) is 0 Å². The first-order valence-electron chi connectivity index (χ1n) is 9.29. The lowest BCUT2D eigenvalue weighted by Crippen LogP contribution is -2.47. The molecule has 0 spiro atoms. The van der Waals surface area contributed by atoms with Crippen LogP contribution < -0.4 is 15.4 Å². The highest BCUT2D eigenvalue weighted by Gasteiger charge is 2.35. The molecular weight excluding hydrogens is 406 g/mol. The molecule has 154 valence electrons. The van der Waals surface area contributed by atoms with Gasteiger partial charge in [-0.15, -0.1) is 23.7 Å². The second kappa shape index (κ2) is 8.78. The molecule has 3 N–H and O–H groups in total. The smallest absolute Gasteiger partial charge is 0.250 e. The molecule has 6 nitrogen and oxygen atoms in total. The van der Waals surface area contributed by atoms with E-state index in [4.69, 9.17) is 0 Å². The van der Waals surface area contributed by atoms with Crippen LogP contribution >= 0.6 is 23.7 Å². The van der Waals surface area contributed by atoms with Crippen molar-refractivity contribution in [3.05, 3.63) is 17.0 Å². The molecule has 1 aromatic heterocycles. The van der Waals surface area contributed by atoms with Gasteiger partial charge < -0.3 is 10.6 Å². The number of piperidine rings is 1. The lowest BCUT2D eigenvalue weighted by Gasteiger charge is -2.29. The lowest BCUT2D eigenvalue weighted by molar-refractivity contribution is -0.128. The standard InChI is InChI=1S/C18H29N3O3S2.ClH/c1-18(2,3)17(22)19-9-8-15-6-7-16(25-15)26(23,24)21-14-10-12-4-5-13(11-14)20-12;/h6-7,12-14,20-21H,4-5,8-11H2,1-3H3,(H,19,22);1H. The van der Waals surface area contributed by atoms with Gasteiger partial charge in [0.15, 0.2) is 0 Å². The number of carbonyl (C=O) groups excluding carboxylic acids is 1. The van der Waals surface area contributed by atoms with Crippen LogP contribution in [0.4, 0.5) is 0 Å². The van der Waals surface area contributed by atoms with E-state index in [0.29, 0.717) is 29.3 Å². The molecule has 0 aliphatic carbocycles. The van der Waals surface area contributed by atoms with Crippen molar-refractivity contribution in [2.45, 2.75) is 75.2 Å². The molecule has 0 radical (unpaired) electrons. The van der Waals surface area contributed by atoms with Gasteiger partial charge in [-0.1, -0.05) is 20.8 Å². The molecule has 0 saturated carbocycles. The summed E-state index contributed by atoms with van der Waals surface area (Å²) in [4.78, 5) is 12.8. The molecule has 2 unspecified atom stereocenters. The van der Waals surface area contributed by atoms with Gasteiger partial charge in [-0.3, -0.25) is 4.79 Å². The highest BCUT2D eigenvalue weighted by Crippen LogP contribution is 2.29. The number of rotatable bonds is 6. The molecule has 1 aromatic rings. The van der Waals surface area contributed by atoms with Crippen molar-refractivity contribution in [2.75, 3.05) is 6.54 Å². The summed E-state index contributed by atoms with van der Waals surface area (Å²) in [6.45, 7) is 6.13. The van der Waals surface area contributed by atoms with Gasteiger partial charge in [0.2, 0.25) is 15.9 Å². The van der Waals surface area contributed by atoms with Crippen LogP contribution in [0.3, 0.4) is 0 Å². The lowest BCUT2D eigenvalue weighted by atomic mass is 9.96. The molecule has 2 saturated heterocycles. The first-order valence-corrected chi connectivity index (χ1v) is 11.6. The van der Waals surface area contributed by atoms with E-state index in [2.05, 4.69) is 15.4 Å². The van der Waals surface area contributed by atoms with E-state index < -0.39 is 15.4 Å². The maximum atomic E-state index is 12.7. The van der Waals surface area contributed by atoms with Gasteiger partial charge in [-0.25, -0.2) is 13.1 Å². The maximum Gasteiger partial charge on any atom is 0.250 e. The molecule has 27 heavy (non-hydrogen) atoms. The summed E-state index contributed by atoms with van der Waals surface area (Å²) in [6, 6.07) is 4.44. The van der Waals surface area contributed by atoms with Crippen molar-refractivity contribution >= 4 is 39.7 Å². The molecule has 2 bridgehead atoms. The van der Waals surface area contributed by atoms with Gasteiger partial charge >= 0.3 is 0 Å². The zero-order valence-electron chi connectivity index (χ0n) is 16.1. The van der Waals surface area contributed by atoms with Crippen molar-refractivity contribution in [1.82, 2.24) is 15.4 Å². The van der Waals surface area contributed by atoms with E-state index in [1.54, 1.807) is 6.07 Å². The highest BCUT2D eigenvalue weighted by molar-refractivity contribution is 7.91. The number of fused-ring (bicyclic) bond motifs is 2. The number of sulfonamides is 1. The normalized spacial score (nSPS) is 25.1. The van der Waals surface area contributed by atoms with Crippen LogP contribution in [-0.4, -0.2) is 39.0 Å². The predicted molar refractivity (Wildman–Crippen MR) is 111 cm³/mol. The fourth-order valence-electron chi connectivity index (χ4n) is 3.63. The van der Waals surface area contributed by atoms with E-state index in [1.807, 2.05) is 26.8 Å². The Bertz CT molecular complexity index is 746. The Hall–Kier alpha value is -0.670. The van der Waals surface area contributed by atoms with Crippen LogP contribution in [0.2, 0.25) is 0 Å². The molecule has 0 aromatic carbocycles. The van der Waals surface area contributed by atoms with E-state index >= 15 is 0 Å². The summed E-state index contributed by atoms with van der Waals surface area (Å²) >= 11 is 1.29. The number of carbonyl (C=O) groups is 1. The molecule has 2 aliphatic rings. The molecule has 2 aliphatic heterocycles. The van der Waals surface area contributed by atoms with E-state index in [1.165, 1.54) is 11.3 Å². The minimum atomic E-state index is -3.47. The summed E-state index contributed by atoms with van der Waals surface area (Å²) < 4.78 is 28.6.